The summed E-state index contributed by atoms with van der Waals surface area (Å²) in [6, 6.07) is 5.61. The number of hydrogen-bond donors (Lipinski definition) is 0. The molecule has 1 atom stereocenters. The average molecular weight is 521 g/mol. The monoisotopic (exact) mass is 520 g/mol. The number of amides is 1. The lowest BCUT2D eigenvalue weighted by Gasteiger charge is -2.41. The van der Waals surface area contributed by atoms with E-state index in [-0.39, 0.29) is 12.1 Å². The highest BCUT2D eigenvalue weighted by Gasteiger charge is 2.32. The molecule has 3 aromatic rings. The fourth-order valence-corrected chi connectivity index (χ4v) is 4.69. The lowest BCUT2D eigenvalue weighted by molar-refractivity contribution is 0.0218. The van der Waals surface area contributed by atoms with Crippen molar-refractivity contribution >= 4 is 28.6 Å². The molecule has 0 N–H and O–H groups in total. The molecule has 3 aromatic heterocycles. The molecule has 0 aliphatic carbocycles. The normalized spacial score (nSPS) is 16.0. The van der Waals surface area contributed by atoms with Gasteiger partial charge in [0.2, 0.25) is 0 Å². The summed E-state index contributed by atoms with van der Waals surface area (Å²) in [5.74, 6) is 1.41. The van der Waals surface area contributed by atoms with Crippen LogP contribution in [-0.4, -0.2) is 88.6 Å². The second kappa shape index (κ2) is 11.2. The van der Waals surface area contributed by atoms with Crippen molar-refractivity contribution in [2.45, 2.75) is 46.3 Å². The number of carbonyl (C=O) groups is 1. The molecule has 1 saturated heterocycles. The molecule has 1 aliphatic rings. The van der Waals surface area contributed by atoms with E-state index in [9.17, 15) is 10.1 Å². The third kappa shape index (κ3) is 5.65. The Hall–Kier alpha value is -3.91. The Morgan fingerprint density at radius 1 is 1.26 bits per heavy atom. The van der Waals surface area contributed by atoms with Crippen molar-refractivity contribution in [2.24, 2.45) is 0 Å². The van der Waals surface area contributed by atoms with Gasteiger partial charge in [0, 0.05) is 58.3 Å². The minimum absolute atomic E-state index is 0.000313. The number of methoxy groups -OCH3 is 1. The molecule has 0 saturated carbocycles. The number of piperazine rings is 1. The van der Waals surface area contributed by atoms with E-state index in [2.05, 4.69) is 39.7 Å². The molecule has 1 amide bonds. The summed E-state index contributed by atoms with van der Waals surface area (Å²) in [5.41, 5.74) is 1.63. The fraction of sp³-hybridized carbons (Fsp3) is 0.519. The van der Waals surface area contributed by atoms with Crippen LogP contribution in [0.1, 0.15) is 40.2 Å². The van der Waals surface area contributed by atoms with Crippen molar-refractivity contribution in [1.82, 2.24) is 24.4 Å². The van der Waals surface area contributed by atoms with Gasteiger partial charge in [-0.25, -0.2) is 19.7 Å². The van der Waals surface area contributed by atoms with E-state index in [1.807, 2.05) is 31.5 Å². The molecule has 11 heteroatoms. The lowest BCUT2D eigenvalue weighted by atomic mass is 10.1. The van der Waals surface area contributed by atoms with E-state index < -0.39 is 5.60 Å². The SMILES string of the molecule is CCN(CCOC)c1cn(-c2cc(C#N)ccn2)c2ncnc(N3CCN(C(=O)OC(C)(C)C)CC3C)c12. The molecule has 1 aliphatic heterocycles. The molecule has 4 heterocycles. The first kappa shape index (κ1) is 27.1. The Bertz CT molecular complexity index is 1330. The van der Waals surface area contributed by atoms with E-state index in [1.54, 1.807) is 36.7 Å². The Morgan fingerprint density at radius 3 is 2.71 bits per heavy atom. The highest BCUT2D eigenvalue weighted by molar-refractivity contribution is 6.00. The van der Waals surface area contributed by atoms with E-state index in [0.29, 0.717) is 49.8 Å². The first-order valence-electron chi connectivity index (χ1n) is 12.9. The maximum Gasteiger partial charge on any atom is 0.410 e. The van der Waals surface area contributed by atoms with Gasteiger partial charge in [0.05, 0.1) is 29.3 Å². The molecular weight excluding hydrogens is 484 g/mol. The molecule has 0 radical (unpaired) electrons. The summed E-state index contributed by atoms with van der Waals surface area (Å²) in [6.45, 7) is 13.5. The van der Waals surface area contributed by atoms with Crippen molar-refractivity contribution in [2.75, 3.05) is 56.2 Å². The number of aromatic nitrogens is 4. The maximum atomic E-state index is 12.7. The molecule has 0 bridgehead atoms. The smallest absolute Gasteiger partial charge is 0.410 e. The molecule has 202 valence electrons. The van der Waals surface area contributed by atoms with Crippen LogP contribution in [0.5, 0.6) is 0 Å². The summed E-state index contributed by atoms with van der Waals surface area (Å²) in [4.78, 5) is 32.8. The van der Waals surface area contributed by atoms with E-state index in [4.69, 9.17) is 14.5 Å². The van der Waals surface area contributed by atoms with Crippen molar-refractivity contribution < 1.29 is 14.3 Å². The van der Waals surface area contributed by atoms with Crippen LogP contribution in [0.15, 0.2) is 30.9 Å². The van der Waals surface area contributed by atoms with Gasteiger partial charge in [-0.3, -0.25) is 4.57 Å². The van der Waals surface area contributed by atoms with Gasteiger partial charge in [-0.1, -0.05) is 0 Å². The zero-order valence-corrected chi connectivity index (χ0v) is 23.0. The fourth-order valence-electron chi connectivity index (χ4n) is 4.69. The predicted octanol–water partition coefficient (Wildman–Crippen LogP) is 3.61. The van der Waals surface area contributed by atoms with Gasteiger partial charge in [0.1, 0.15) is 23.6 Å². The zero-order chi connectivity index (χ0) is 27.4. The van der Waals surface area contributed by atoms with Crippen LogP contribution < -0.4 is 9.80 Å². The second-order valence-corrected chi connectivity index (χ2v) is 10.3. The van der Waals surface area contributed by atoms with E-state index >= 15 is 0 Å². The third-order valence-electron chi connectivity index (χ3n) is 6.50. The van der Waals surface area contributed by atoms with Crippen LogP contribution in [-0.2, 0) is 9.47 Å². The number of hydrogen-bond acceptors (Lipinski definition) is 9. The van der Waals surface area contributed by atoms with Crippen molar-refractivity contribution in [1.29, 1.82) is 5.26 Å². The topological polar surface area (TPSA) is 113 Å². The number of nitriles is 1. The van der Waals surface area contributed by atoms with Crippen LogP contribution in [0.25, 0.3) is 16.9 Å². The quantitative estimate of drug-likeness (QED) is 0.461. The van der Waals surface area contributed by atoms with E-state index in [1.165, 1.54) is 0 Å². The number of pyridine rings is 1. The number of fused-ring (bicyclic) bond motifs is 1. The Kier molecular flexibility index (Phi) is 8.02. The van der Waals surface area contributed by atoms with Gasteiger partial charge >= 0.3 is 6.09 Å². The summed E-state index contributed by atoms with van der Waals surface area (Å²) >= 11 is 0. The number of ether oxygens (including phenoxy) is 2. The Balaban J connectivity index is 1.78. The molecule has 1 unspecified atom stereocenters. The van der Waals surface area contributed by atoms with Gasteiger partial charge < -0.3 is 24.2 Å². The summed E-state index contributed by atoms with van der Waals surface area (Å²) in [7, 11) is 1.69. The molecule has 1 fully saturated rings. The average Bonchev–Trinajstić information content (AvgIpc) is 3.28. The van der Waals surface area contributed by atoms with Crippen LogP contribution in [0, 0.1) is 11.3 Å². The summed E-state index contributed by atoms with van der Waals surface area (Å²) in [5, 5.41) is 10.3. The molecule has 11 nitrogen and oxygen atoms in total. The standard InChI is InChI=1S/C27H36N8O3/c1-7-32(12-13-37-6)21-17-35(22-14-20(15-28)8-9-29-22)25-23(21)24(30-18-31-25)34-11-10-33(16-19(34)2)26(36)38-27(3,4)5/h8-9,14,17-19H,7,10-13,16H2,1-6H3. The largest absolute Gasteiger partial charge is 0.444 e. The third-order valence-corrected chi connectivity index (χ3v) is 6.50. The van der Waals surface area contributed by atoms with Gasteiger partial charge in [0.25, 0.3) is 0 Å². The van der Waals surface area contributed by atoms with Gasteiger partial charge in [0.15, 0.2) is 5.65 Å². The Morgan fingerprint density at radius 2 is 2.05 bits per heavy atom. The number of rotatable bonds is 7. The highest BCUT2D eigenvalue weighted by atomic mass is 16.6. The van der Waals surface area contributed by atoms with Crippen molar-refractivity contribution in [3.63, 3.8) is 0 Å². The Labute approximate surface area is 223 Å². The van der Waals surface area contributed by atoms with Crippen LogP contribution in [0.3, 0.4) is 0 Å². The number of likely N-dealkylation sites (N-methyl/N-ethyl adjacent to an activating group) is 1. The highest BCUT2D eigenvalue weighted by Crippen LogP contribution is 2.37. The maximum absolute atomic E-state index is 12.7. The summed E-state index contributed by atoms with van der Waals surface area (Å²) < 4.78 is 12.9. The van der Waals surface area contributed by atoms with Crippen LogP contribution in [0.2, 0.25) is 0 Å². The predicted molar refractivity (Wildman–Crippen MR) is 146 cm³/mol. The zero-order valence-electron chi connectivity index (χ0n) is 23.0. The number of anilines is 2. The van der Waals surface area contributed by atoms with Gasteiger partial charge in [-0.05, 0) is 46.8 Å². The molecule has 0 aromatic carbocycles. The first-order chi connectivity index (χ1) is 18.2. The van der Waals surface area contributed by atoms with Crippen LogP contribution in [0.4, 0.5) is 16.3 Å². The van der Waals surface area contributed by atoms with Gasteiger partial charge in [-0.2, -0.15) is 5.26 Å². The minimum Gasteiger partial charge on any atom is -0.444 e. The molecule has 38 heavy (non-hydrogen) atoms. The minimum atomic E-state index is -0.545. The van der Waals surface area contributed by atoms with Crippen LogP contribution >= 0.6 is 0 Å². The molecule has 0 spiro atoms. The van der Waals surface area contributed by atoms with Gasteiger partial charge in [-0.15, -0.1) is 0 Å². The molecule has 4 rings (SSSR count). The molecular formula is C27H36N8O3. The number of nitrogens with zero attached hydrogens (tertiary/aromatic N) is 8. The van der Waals surface area contributed by atoms with Crippen molar-refractivity contribution in [3.8, 4) is 11.9 Å². The number of carbonyl (C=O) groups excluding carboxylic acids is 1. The van der Waals surface area contributed by atoms with Crippen molar-refractivity contribution in [3.05, 3.63) is 36.4 Å². The second-order valence-electron chi connectivity index (χ2n) is 10.3. The first-order valence-corrected chi connectivity index (χ1v) is 12.9. The van der Waals surface area contributed by atoms with E-state index in [0.717, 1.165) is 23.4 Å². The lowest BCUT2D eigenvalue weighted by Crippen LogP contribution is -2.54. The summed E-state index contributed by atoms with van der Waals surface area (Å²) in [6.07, 6.45) is 4.89.